The second-order valence-electron chi connectivity index (χ2n) is 11.7. The summed E-state index contributed by atoms with van der Waals surface area (Å²) in [5.41, 5.74) is 7.75. The van der Waals surface area contributed by atoms with E-state index < -0.39 is 5.82 Å². The molecule has 0 bridgehead atoms. The molecule has 0 spiro atoms. The third-order valence-corrected chi connectivity index (χ3v) is 9.21. The molecule has 12 heteroatoms. The van der Waals surface area contributed by atoms with Gasteiger partial charge in [0.2, 0.25) is 5.91 Å². The van der Waals surface area contributed by atoms with Crippen molar-refractivity contribution in [3.8, 4) is 17.3 Å². The van der Waals surface area contributed by atoms with Gasteiger partial charge in [0.25, 0.3) is 0 Å². The van der Waals surface area contributed by atoms with Crippen LogP contribution >= 0.6 is 0 Å². The van der Waals surface area contributed by atoms with Crippen LogP contribution in [0.5, 0.6) is 6.01 Å². The predicted molar refractivity (Wildman–Crippen MR) is 158 cm³/mol. The van der Waals surface area contributed by atoms with Crippen molar-refractivity contribution >= 4 is 33.5 Å². The average Bonchev–Trinajstić information content (AvgIpc) is 3.79. The molecule has 1 aromatic carbocycles. The second kappa shape index (κ2) is 10.3. The molecule has 3 N–H and O–H groups in total. The number of rotatable bonds is 7. The number of nitrogens with two attached hydrogens (primary N) is 1. The van der Waals surface area contributed by atoms with Crippen molar-refractivity contribution in [3.63, 3.8) is 0 Å². The van der Waals surface area contributed by atoms with E-state index in [9.17, 15) is 4.79 Å². The number of carbonyl (C=O) groups excluding carboxylic acids is 1. The van der Waals surface area contributed by atoms with Crippen molar-refractivity contribution < 1.29 is 13.9 Å². The maximum atomic E-state index is 16.5. The zero-order chi connectivity index (χ0) is 29.0. The van der Waals surface area contributed by atoms with E-state index in [4.69, 9.17) is 15.5 Å². The zero-order valence-electron chi connectivity index (χ0n) is 23.6. The van der Waals surface area contributed by atoms with E-state index in [1.165, 1.54) is 6.08 Å². The number of para-hydroxylation sites is 1. The zero-order valence-corrected chi connectivity index (χ0v) is 23.6. The minimum atomic E-state index is -0.560. The van der Waals surface area contributed by atoms with Gasteiger partial charge in [0.05, 0.1) is 22.6 Å². The van der Waals surface area contributed by atoms with Crippen LogP contribution in [0.3, 0.4) is 0 Å². The molecule has 4 aromatic rings. The highest BCUT2D eigenvalue weighted by Gasteiger charge is 2.48. The first-order valence-corrected chi connectivity index (χ1v) is 14.4. The van der Waals surface area contributed by atoms with Gasteiger partial charge < -0.3 is 20.3 Å². The SMILES string of the molecule is C=CC(=O)N1CCC(N(C)c2nc(OCC34CCCN3CC(N)C4)nc3c(F)c(-c4cccc5cn[nH]c45)ncc23)C1. The minimum Gasteiger partial charge on any atom is -0.461 e. The molecular weight excluding hydrogens is 537 g/mol. The topological polar surface area (TPSA) is 129 Å². The molecule has 7 rings (SSSR count). The summed E-state index contributed by atoms with van der Waals surface area (Å²) in [5, 5.41) is 8.41. The van der Waals surface area contributed by atoms with Gasteiger partial charge in [0, 0.05) is 55.9 Å². The van der Waals surface area contributed by atoms with Gasteiger partial charge in [-0.3, -0.25) is 19.8 Å². The van der Waals surface area contributed by atoms with Gasteiger partial charge in [-0.25, -0.2) is 4.39 Å². The van der Waals surface area contributed by atoms with Gasteiger partial charge in [-0.2, -0.15) is 15.1 Å². The minimum absolute atomic E-state index is 0.0296. The molecule has 3 unspecified atom stereocenters. The molecule has 3 aliphatic heterocycles. The summed E-state index contributed by atoms with van der Waals surface area (Å²) >= 11 is 0. The van der Waals surface area contributed by atoms with E-state index in [1.54, 1.807) is 17.3 Å². The Hall–Kier alpha value is -4.16. The first-order chi connectivity index (χ1) is 20.4. The molecule has 3 atom stereocenters. The third-order valence-electron chi connectivity index (χ3n) is 9.21. The van der Waals surface area contributed by atoms with Crippen LogP contribution < -0.4 is 15.4 Å². The third kappa shape index (κ3) is 4.36. The quantitative estimate of drug-likeness (QED) is 0.322. The molecule has 0 aliphatic carbocycles. The lowest BCUT2D eigenvalue weighted by Gasteiger charge is -2.31. The van der Waals surface area contributed by atoms with E-state index in [-0.39, 0.29) is 40.8 Å². The van der Waals surface area contributed by atoms with Gasteiger partial charge in [0.1, 0.15) is 23.6 Å². The lowest BCUT2D eigenvalue weighted by molar-refractivity contribution is -0.125. The smallest absolute Gasteiger partial charge is 0.319 e. The number of H-pyrrole nitrogens is 1. The number of carbonyl (C=O) groups is 1. The largest absolute Gasteiger partial charge is 0.461 e. The number of benzene rings is 1. The van der Waals surface area contributed by atoms with E-state index in [0.717, 1.165) is 44.2 Å². The van der Waals surface area contributed by atoms with Crippen LogP contribution in [0.25, 0.3) is 33.1 Å². The number of anilines is 1. The van der Waals surface area contributed by atoms with Crippen LogP contribution in [0.15, 0.2) is 43.2 Å². The molecule has 3 saturated heterocycles. The lowest BCUT2D eigenvalue weighted by Crippen LogP contribution is -2.43. The second-order valence-corrected chi connectivity index (χ2v) is 11.7. The van der Waals surface area contributed by atoms with E-state index in [0.29, 0.717) is 42.0 Å². The van der Waals surface area contributed by atoms with Crippen LogP contribution in [0.1, 0.15) is 25.7 Å². The van der Waals surface area contributed by atoms with Gasteiger partial charge >= 0.3 is 6.01 Å². The van der Waals surface area contributed by atoms with Crippen molar-refractivity contribution in [2.75, 3.05) is 44.7 Å². The molecule has 42 heavy (non-hydrogen) atoms. The maximum Gasteiger partial charge on any atom is 0.319 e. The van der Waals surface area contributed by atoms with Gasteiger partial charge in [-0.05, 0) is 38.3 Å². The number of nitrogens with zero attached hydrogens (tertiary/aromatic N) is 7. The Morgan fingerprint density at radius 3 is 3.05 bits per heavy atom. The van der Waals surface area contributed by atoms with Crippen LogP contribution in [-0.4, -0.2) is 98.3 Å². The Kier molecular flexibility index (Phi) is 6.54. The fourth-order valence-corrected chi connectivity index (χ4v) is 7.04. The van der Waals surface area contributed by atoms with Crippen LogP contribution in [0.2, 0.25) is 0 Å². The standard InChI is InChI=1S/C30H34FN9O2/c1-3-23(41)39-11-8-20(16-39)38(2)28-22-14-33-26(21-7-4-6-18-13-34-37-25(18)21)24(31)27(22)35-29(36-28)42-17-30-9-5-10-40(30)15-19(32)12-30/h3-4,6-7,13-14,19-20H,1,5,8-12,15-17,32H2,2H3,(H,34,37). The normalized spacial score (nSPS) is 24.0. The number of halogens is 1. The Balaban J connectivity index is 1.30. The molecule has 1 amide bonds. The number of likely N-dealkylation sites (N-methyl/N-ethyl adjacent to an activating group) is 1. The molecular formula is C30H34FN9O2. The lowest BCUT2D eigenvalue weighted by atomic mass is 9.94. The Morgan fingerprint density at radius 2 is 2.19 bits per heavy atom. The Labute approximate surface area is 242 Å². The van der Waals surface area contributed by atoms with E-state index in [2.05, 4.69) is 31.6 Å². The predicted octanol–water partition coefficient (Wildman–Crippen LogP) is 2.87. The summed E-state index contributed by atoms with van der Waals surface area (Å²) in [6, 6.07) is 5.75. The number of hydrogen-bond acceptors (Lipinski definition) is 9. The molecule has 3 aromatic heterocycles. The number of hydrogen-bond donors (Lipinski definition) is 2. The Bertz CT molecular complexity index is 1690. The van der Waals surface area contributed by atoms with Crippen molar-refractivity contribution in [1.29, 1.82) is 0 Å². The fourth-order valence-electron chi connectivity index (χ4n) is 7.04. The highest BCUT2D eigenvalue weighted by atomic mass is 19.1. The monoisotopic (exact) mass is 571 g/mol. The van der Waals surface area contributed by atoms with Crippen molar-refractivity contribution in [1.82, 2.24) is 34.9 Å². The number of fused-ring (bicyclic) bond motifs is 3. The molecule has 6 heterocycles. The number of aromatic nitrogens is 5. The van der Waals surface area contributed by atoms with Gasteiger partial charge in [-0.15, -0.1) is 0 Å². The Morgan fingerprint density at radius 1 is 1.31 bits per heavy atom. The number of aromatic amines is 1. The summed E-state index contributed by atoms with van der Waals surface area (Å²) in [6.45, 7) is 6.95. The molecule has 218 valence electrons. The van der Waals surface area contributed by atoms with Gasteiger partial charge in [-0.1, -0.05) is 24.8 Å². The summed E-state index contributed by atoms with van der Waals surface area (Å²) in [5.74, 6) is -0.160. The molecule has 0 saturated carbocycles. The summed E-state index contributed by atoms with van der Waals surface area (Å²) in [7, 11) is 1.91. The van der Waals surface area contributed by atoms with E-state index in [1.807, 2.05) is 30.1 Å². The van der Waals surface area contributed by atoms with Crippen molar-refractivity contribution in [2.45, 2.75) is 43.3 Å². The average molecular weight is 572 g/mol. The number of pyridine rings is 1. The number of amides is 1. The number of likely N-dealkylation sites (tertiary alicyclic amines) is 1. The molecule has 0 radical (unpaired) electrons. The van der Waals surface area contributed by atoms with Crippen molar-refractivity contribution in [3.05, 3.63) is 49.1 Å². The summed E-state index contributed by atoms with van der Waals surface area (Å²) in [4.78, 5) is 32.4. The molecule has 3 aliphatic rings. The van der Waals surface area contributed by atoms with Crippen molar-refractivity contribution in [2.24, 2.45) is 5.73 Å². The number of nitrogens with one attached hydrogen (secondary N) is 1. The summed E-state index contributed by atoms with van der Waals surface area (Å²) < 4.78 is 22.8. The van der Waals surface area contributed by atoms with Crippen LogP contribution in [0, 0.1) is 5.82 Å². The highest BCUT2D eigenvalue weighted by molar-refractivity contribution is 5.97. The first-order valence-electron chi connectivity index (χ1n) is 14.4. The fraction of sp³-hybridized carbons (Fsp3) is 0.433. The van der Waals surface area contributed by atoms with Gasteiger partial charge in [0.15, 0.2) is 5.82 Å². The maximum absolute atomic E-state index is 16.5. The summed E-state index contributed by atoms with van der Waals surface area (Å²) in [6.07, 6.45) is 8.31. The van der Waals surface area contributed by atoms with E-state index >= 15 is 4.39 Å². The first kappa shape index (κ1) is 26.7. The number of ether oxygens (including phenoxy) is 1. The highest BCUT2D eigenvalue weighted by Crippen LogP contribution is 2.39. The van der Waals surface area contributed by atoms with Crippen LogP contribution in [0.4, 0.5) is 10.2 Å². The molecule has 3 fully saturated rings. The molecule has 11 nitrogen and oxygen atoms in total. The van der Waals surface area contributed by atoms with Crippen LogP contribution in [-0.2, 0) is 4.79 Å².